The number of rotatable bonds is 5. The van der Waals surface area contributed by atoms with Crippen LogP contribution in [0.1, 0.15) is 69.4 Å². The fourth-order valence-corrected chi connectivity index (χ4v) is 6.59. The minimum atomic E-state index is -0.918. The predicted octanol–water partition coefficient (Wildman–Crippen LogP) is 5.64. The molecule has 4 rings (SSSR count). The van der Waals surface area contributed by atoms with Gasteiger partial charge >= 0.3 is 5.97 Å². The number of thioether (sulfide) groups is 1. The Bertz CT molecular complexity index is 790. The quantitative estimate of drug-likeness (QED) is 0.652. The lowest BCUT2D eigenvalue weighted by Crippen LogP contribution is -2.50. The summed E-state index contributed by atoms with van der Waals surface area (Å²) in [7, 11) is 0. The highest BCUT2D eigenvalue weighted by atomic mass is 32.2. The van der Waals surface area contributed by atoms with Gasteiger partial charge in [0.25, 0.3) is 0 Å². The van der Waals surface area contributed by atoms with Crippen LogP contribution in [0.15, 0.2) is 29.3 Å². The first kappa shape index (κ1) is 19.6. The number of nitrogens with zero attached hydrogens (tertiary/aromatic N) is 2. The molecule has 2 saturated carbocycles. The number of hydrogen-bond donors (Lipinski definition) is 1. The van der Waals surface area contributed by atoms with Crippen LogP contribution in [0.2, 0.25) is 0 Å². The van der Waals surface area contributed by atoms with Crippen LogP contribution in [0.4, 0.5) is 5.69 Å². The molecule has 28 heavy (non-hydrogen) atoms. The molecule has 1 spiro atoms. The Balaban J connectivity index is 1.66. The van der Waals surface area contributed by atoms with Crippen molar-refractivity contribution in [1.29, 1.82) is 0 Å². The largest absolute Gasteiger partial charge is 0.478 e. The molecule has 2 aliphatic carbocycles. The maximum Gasteiger partial charge on any atom is 0.328 e. The molecule has 1 aromatic rings. The van der Waals surface area contributed by atoms with Crippen molar-refractivity contribution < 1.29 is 9.90 Å². The van der Waals surface area contributed by atoms with E-state index in [0.717, 1.165) is 17.7 Å². The molecule has 1 aliphatic heterocycles. The summed E-state index contributed by atoms with van der Waals surface area (Å²) in [5, 5.41) is 10.1. The second kappa shape index (κ2) is 8.32. The molecule has 1 saturated heterocycles. The van der Waals surface area contributed by atoms with Crippen LogP contribution >= 0.6 is 11.8 Å². The van der Waals surface area contributed by atoms with Crippen molar-refractivity contribution in [2.75, 3.05) is 5.75 Å². The van der Waals surface area contributed by atoms with Crippen molar-refractivity contribution in [2.45, 2.75) is 76.3 Å². The van der Waals surface area contributed by atoms with Gasteiger partial charge in [-0.2, -0.15) is 0 Å². The number of carboxylic acids is 1. The highest BCUT2D eigenvalue weighted by Crippen LogP contribution is 2.48. The molecule has 1 heterocycles. The molecule has 1 aromatic carbocycles. The Kier molecular flexibility index (Phi) is 5.81. The summed E-state index contributed by atoms with van der Waals surface area (Å²) >= 11 is 1.95. The second-order valence-electron chi connectivity index (χ2n) is 8.34. The lowest BCUT2D eigenvalue weighted by atomic mass is 9.95. The van der Waals surface area contributed by atoms with Gasteiger partial charge in [0.05, 0.1) is 11.2 Å². The molecule has 3 fully saturated rings. The molecule has 5 heteroatoms. The minimum absolute atomic E-state index is 0.342. The molecule has 0 unspecified atom stereocenters. The van der Waals surface area contributed by atoms with Gasteiger partial charge in [-0.25, -0.2) is 9.79 Å². The summed E-state index contributed by atoms with van der Waals surface area (Å²) < 4.78 is 0. The van der Waals surface area contributed by atoms with Gasteiger partial charge < -0.3 is 10.0 Å². The number of carbonyl (C=O) groups is 1. The Hall–Kier alpha value is -1.75. The van der Waals surface area contributed by atoms with Crippen molar-refractivity contribution in [2.24, 2.45) is 4.99 Å². The van der Waals surface area contributed by atoms with Crippen molar-refractivity contribution in [3.8, 4) is 0 Å². The summed E-state index contributed by atoms with van der Waals surface area (Å²) in [4.78, 5) is 18.7. The Morgan fingerprint density at radius 3 is 2.71 bits per heavy atom. The molecular weight excluding hydrogens is 368 g/mol. The second-order valence-corrected chi connectivity index (χ2v) is 9.28. The van der Waals surface area contributed by atoms with E-state index in [4.69, 9.17) is 10.1 Å². The molecule has 0 aromatic heterocycles. The normalized spacial score (nSPS) is 23.6. The number of aryl methyl sites for hydroxylation is 1. The molecule has 0 bridgehead atoms. The molecule has 4 nitrogen and oxygen atoms in total. The first-order valence-electron chi connectivity index (χ1n) is 10.7. The summed E-state index contributed by atoms with van der Waals surface area (Å²) in [5.74, 6) is 0.266. The van der Waals surface area contributed by atoms with Crippen molar-refractivity contribution in [1.82, 2.24) is 4.90 Å². The van der Waals surface area contributed by atoms with E-state index in [1.54, 1.807) is 6.08 Å². The van der Waals surface area contributed by atoms with Crippen molar-refractivity contribution in [3.05, 3.63) is 35.4 Å². The van der Waals surface area contributed by atoms with E-state index in [1.807, 2.05) is 17.8 Å². The first-order valence-corrected chi connectivity index (χ1v) is 11.6. The van der Waals surface area contributed by atoms with Gasteiger partial charge in [-0.05, 0) is 61.4 Å². The van der Waals surface area contributed by atoms with E-state index >= 15 is 0 Å². The Morgan fingerprint density at radius 1 is 1.29 bits per heavy atom. The van der Waals surface area contributed by atoms with Crippen LogP contribution in [-0.2, 0) is 11.2 Å². The number of aliphatic carboxylic acids is 1. The zero-order valence-corrected chi connectivity index (χ0v) is 17.5. The maximum absolute atomic E-state index is 10.8. The average molecular weight is 399 g/mol. The molecule has 1 N–H and O–H groups in total. The Labute approximate surface area is 172 Å². The van der Waals surface area contributed by atoms with Gasteiger partial charge in [0.2, 0.25) is 0 Å². The maximum atomic E-state index is 10.8. The van der Waals surface area contributed by atoms with Crippen LogP contribution in [0.25, 0.3) is 6.08 Å². The summed E-state index contributed by atoms with van der Waals surface area (Å²) in [5.41, 5.74) is 3.48. The van der Waals surface area contributed by atoms with Crippen LogP contribution in [0.5, 0.6) is 0 Å². The molecule has 0 amide bonds. The molecular formula is C23H30N2O2S. The number of benzene rings is 1. The number of carboxylic acid groups (broad SMARTS) is 1. The smallest absolute Gasteiger partial charge is 0.328 e. The monoisotopic (exact) mass is 398 g/mol. The summed E-state index contributed by atoms with van der Waals surface area (Å²) in [6, 6.07) is 6.77. The topological polar surface area (TPSA) is 52.9 Å². The predicted molar refractivity (Wildman–Crippen MR) is 117 cm³/mol. The van der Waals surface area contributed by atoms with Gasteiger partial charge in [0.1, 0.15) is 0 Å². The SMILES string of the molecule is CCc1cc(/C=C/C(=O)O)ccc1/N=C1/SCC2(CCCC2)N1C1CCCC1. The van der Waals surface area contributed by atoms with Crippen LogP contribution in [-0.4, -0.2) is 38.5 Å². The third kappa shape index (κ3) is 3.86. The van der Waals surface area contributed by atoms with Gasteiger partial charge in [-0.15, -0.1) is 0 Å². The minimum Gasteiger partial charge on any atom is -0.478 e. The number of hydrogen-bond acceptors (Lipinski definition) is 3. The zero-order valence-electron chi connectivity index (χ0n) is 16.7. The summed E-state index contributed by atoms with van der Waals surface area (Å²) in [6.07, 6.45) is 14.4. The zero-order chi connectivity index (χ0) is 19.6. The van der Waals surface area contributed by atoms with E-state index in [0.29, 0.717) is 11.6 Å². The van der Waals surface area contributed by atoms with E-state index in [9.17, 15) is 4.79 Å². The van der Waals surface area contributed by atoms with Crippen LogP contribution in [0, 0.1) is 0 Å². The summed E-state index contributed by atoms with van der Waals surface area (Å²) in [6.45, 7) is 2.14. The molecule has 0 atom stereocenters. The van der Waals surface area contributed by atoms with Crippen LogP contribution < -0.4 is 0 Å². The Morgan fingerprint density at radius 2 is 2.04 bits per heavy atom. The lowest BCUT2D eigenvalue weighted by Gasteiger charge is -2.40. The van der Waals surface area contributed by atoms with E-state index in [2.05, 4.69) is 24.0 Å². The molecule has 0 radical (unpaired) electrons. The van der Waals surface area contributed by atoms with Crippen molar-refractivity contribution in [3.63, 3.8) is 0 Å². The fraction of sp³-hybridized carbons (Fsp3) is 0.565. The van der Waals surface area contributed by atoms with Gasteiger partial charge in [0.15, 0.2) is 5.17 Å². The standard InChI is InChI=1S/C23H30N2O2S/c1-2-18-15-17(10-12-21(26)27)9-11-20(18)24-22-25(19-7-3-4-8-19)23(16-28-22)13-5-6-14-23/h9-12,15,19H,2-8,13-14,16H2,1H3,(H,26,27)/b12-10+,24-22+. The average Bonchev–Trinajstić information content (AvgIpc) is 3.44. The molecule has 3 aliphatic rings. The number of amidine groups is 1. The van der Waals surface area contributed by atoms with Gasteiger partial charge in [-0.3, -0.25) is 0 Å². The highest BCUT2D eigenvalue weighted by molar-refractivity contribution is 8.14. The van der Waals surface area contributed by atoms with Gasteiger partial charge in [-0.1, -0.05) is 50.4 Å². The van der Waals surface area contributed by atoms with E-state index in [-0.39, 0.29) is 0 Å². The third-order valence-corrected chi connectivity index (χ3v) is 7.76. The number of aliphatic imine (C=N–C) groups is 1. The van der Waals surface area contributed by atoms with E-state index < -0.39 is 5.97 Å². The highest BCUT2D eigenvalue weighted by Gasteiger charge is 2.49. The van der Waals surface area contributed by atoms with Gasteiger partial charge in [0, 0.05) is 17.9 Å². The first-order chi connectivity index (χ1) is 13.6. The van der Waals surface area contributed by atoms with E-state index in [1.165, 1.54) is 73.9 Å². The molecule has 150 valence electrons. The van der Waals surface area contributed by atoms with Crippen molar-refractivity contribution >= 4 is 34.7 Å². The lowest BCUT2D eigenvalue weighted by molar-refractivity contribution is -0.131. The van der Waals surface area contributed by atoms with Crippen LogP contribution in [0.3, 0.4) is 0 Å². The fourth-order valence-electron chi connectivity index (χ4n) is 5.12. The third-order valence-electron chi connectivity index (χ3n) is 6.53.